The number of halogens is 1. The molecule has 1 aromatic heterocycles. The molecule has 0 amide bonds. The van der Waals surface area contributed by atoms with Gasteiger partial charge in [-0.3, -0.25) is 0 Å². The lowest BCUT2D eigenvalue weighted by Gasteiger charge is -2.02. The van der Waals surface area contributed by atoms with Crippen molar-refractivity contribution in [1.82, 2.24) is 4.98 Å². The smallest absolute Gasteiger partial charge is 0.196 e. The molecule has 1 heterocycles. The lowest BCUT2D eigenvalue weighted by atomic mass is 10.1. The Kier molecular flexibility index (Phi) is 3.39. The number of nitrogens with zero attached hydrogens (tertiary/aromatic N) is 1. The molecule has 0 fully saturated rings. The van der Waals surface area contributed by atoms with Crippen LogP contribution in [-0.2, 0) is 6.42 Å². The molecule has 90 valence electrons. The highest BCUT2D eigenvalue weighted by Crippen LogP contribution is 2.26. The summed E-state index contributed by atoms with van der Waals surface area (Å²) in [6.45, 7) is 0.449. The molecule has 0 atom stereocenters. The summed E-state index contributed by atoms with van der Waals surface area (Å²) in [6, 6.07) is 4.57. The average Bonchev–Trinajstić information content (AvgIpc) is 2.78. The predicted octanol–water partition coefficient (Wildman–Crippen LogP) is 1.99. The van der Waals surface area contributed by atoms with Crippen LogP contribution in [0.25, 0.3) is 11.3 Å². The number of methoxy groups -OCH3 is 1. The van der Waals surface area contributed by atoms with Crippen molar-refractivity contribution in [3.05, 3.63) is 36.1 Å². The van der Waals surface area contributed by atoms with Gasteiger partial charge in [0.15, 0.2) is 11.7 Å². The SMILES string of the molecule is COc1ccc(-c2cnc(CCN)o2)c(F)c1. The fourth-order valence-corrected chi connectivity index (χ4v) is 1.50. The number of hydrogen-bond acceptors (Lipinski definition) is 4. The number of benzene rings is 1. The summed E-state index contributed by atoms with van der Waals surface area (Å²) in [5.74, 6) is 0.971. The standard InChI is InChI=1S/C12H13FN2O2/c1-16-8-2-3-9(10(13)6-8)11-7-15-12(17-11)4-5-14/h2-3,6-7H,4-5,14H2,1H3. The van der Waals surface area contributed by atoms with Gasteiger partial charge in [0.1, 0.15) is 11.6 Å². The van der Waals surface area contributed by atoms with Crippen LogP contribution in [-0.4, -0.2) is 18.6 Å². The van der Waals surface area contributed by atoms with Gasteiger partial charge in [0.25, 0.3) is 0 Å². The normalized spacial score (nSPS) is 10.5. The van der Waals surface area contributed by atoms with Gasteiger partial charge in [-0.1, -0.05) is 0 Å². The third kappa shape index (κ3) is 2.45. The minimum atomic E-state index is -0.403. The van der Waals surface area contributed by atoms with Crippen LogP contribution < -0.4 is 10.5 Å². The molecular formula is C12H13FN2O2. The lowest BCUT2D eigenvalue weighted by molar-refractivity contribution is 0.411. The molecule has 4 nitrogen and oxygen atoms in total. The molecule has 0 aliphatic heterocycles. The van der Waals surface area contributed by atoms with Crippen LogP contribution in [0, 0.1) is 5.82 Å². The van der Waals surface area contributed by atoms with Gasteiger partial charge in [-0.2, -0.15) is 0 Å². The Labute approximate surface area is 98.2 Å². The second-order valence-electron chi connectivity index (χ2n) is 3.50. The average molecular weight is 236 g/mol. The molecule has 0 saturated carbocycles. The van der Waals surface area contributed by atoms with Crippen molar-refractivity contribution in [2.45, 2.75) is 6.42 Å². The first-order valence-electron chi connectivity index (χ1n) is 5.23. The van der Waals surface area contributed by atoms with E-state index in [1.54, 1.807) is 12.1 Å². The number of aromatic nitrogens is 1. The van der Waals surface area contributed by atoms with E-state index in [0.29, 0.717) is 35.9 Å². The van der Waals surface area contributed by atoms with E-state index in [4.69, 9.17) is 14.9 Å². The van der Waals surface area contributed by atoms with Crippen LogP contribution in [0.15, 0.2) is 28.8 Å². The highest BCUT2D eigenvalue weighted by Gasteiger charge is 2.11. The van der Waals surface area contributed by atoms with Crippen molar-refractivity contribution in [1.29, 1.82) is 0 Å². The van der Waals surface area contributed by atoms with Crippen LogP contribution >= 0.6 is 0 Å². The largest absolute Gasteiger partial charge is 0.497 e. The Morgan fingerprint density at radius 3 is 2.94 bits per heavy atom. The van der Waals surface area contributed by atoms with Crippen molar-refractivity contribution in [3.8, 4) is 17.1 Å². The maximum Gasteiger partial charge on any atom is 0.196 e. The van der Waals surface area contributed by atoms with Crippen molar-refractivity contribution < 1.29 is 13.5 Å². The number of oxazole rings is 1. The van der Waals surface area contributed by atoms with Gasteiger partial charge in [-0.25, -0.2) is 9.37 Å². The van der Waals surface area contributed by atoms with E-state index >= 15 is 0 Å². The van der Waals surface area contributed by atoms with Crippen LogP contribution in [0.2, 0.25) is 0 Å². The zero-order chi connectivity index (χ0) is 12.3. The van der Waals surface area contributed by atoms with E-state index in [-0.39, 0.29) is 0 Å². The molecule has 1 aromatic carbocycles. The molecular weight excluding hydrogens is 223 g/mol. The summed E-state index contributed by atoms with van der Waals surface area (Å²) in [4.78, 5) is 4.02. The molecule has 0 aliphatic carbocycles. The zero-order valence-corrected chi connectivity index (χ0v) is 9.44. The Balaban J connectivity index is 2.32. The fraction of sp³-hybridized carbons (Fsp3) is 0.250. The molecule has 5 heteroatoms. The van der Waals surface area contributed by atoms with Crippen molar-refractivity contribution in [3.63, 3.8) is 0 Å². The van der Waals surface area contributed by atoms with Gasteiger partial charge in [0.2, 0.25) is 0 Å². The summed E-state index contributed by atoms with van der Waals surface area (Å²) in [5.41, 5.74) is 5.75. The molecule has 0 aliphatic rings. The summed E-state index contributed by atoms with van der Waals surface area (Å²) < 4.78 is 24.0. The van der Waals surface area contributed by atoms with Crippen molar-refractivity contribution in [2.75, 3.05) is 13.7 Å². The molecule has 2 rings (SSSR count). The Morgan fingerprint density at radius 1 is 1.47 bits per heavy atom. The van der Waals surface area contributed by atoms with E-state index in [1.807, 2.05) is 0 Å². The molecule has 0 unspecified atom stereocenters. The van der Waals surface area contributed by atoms with Crippen LogP contribution in [0.3, 0.4) is 0 Å². The topological polar surface area (TPSA) is 61.3 Å². The number of nitrogens with two attached hydrogens (primary N) is 1. The summed E-state index contributed by atoms with van der Waals surface area (Å²) >= 11 is 0. The second kappa shape index (κ2) is 4.97. The van der Waals surface area contributed by atoms with Crippen molar-refractivity contribution in [2.24, 2.45) is 5.73 Å². The number of rotatable bonds is 4. The molecule has 2 N–H and O–H groups in total. The molecule has 17 heavy (non-hydrogen) atoms. The van der Waals surface area contributed by atoms with Gasteiger partial charge < -0.3 is 14.9 Å². The molecule has 0 bridgehead atoms. The zero-order valence-electron chi connectivity index (χ0n) is 9.44. The van der Waals surface area contributed by atoms with Gasteiger partial charge >= 0.3 is 0 Å². The van der Waals surface area contributed by atoms with Crippen molar-refractivity contribution >= 4 is 0 Å². The highest BCUT2D eigenvalue weighted by molar-refractivity contribution is 5.58. The van der Waals surface area contributed by atoms with E-state index < -0.39 is 5.82 Å². The third-order valence-electron chi connectivity index (χ3n) is 2.35. The quantitative estimate of drug-likeness (QED) is 0.881. The summed E-state index contributed by atoms with van der Waals surface area (Å²) in [7, 11) is 1.49. The molecule has 0 radical (unpaired) electrons. The lowest BCUT2D eigenvalue weighted by Crippen LogP contribution is -2.02. The van der Waals surface area contributed by atoms with Gasteiger partial charge in [0, 0.05) is 19.0 Å². The highest BCUT2D eigenvalue weighted by atomic mass is 19.1. The first-order chi connectivity index (χ1) is 8.24. The summed E-state index contributed by atoms with van der Waals surface area (Å²) in [6.07, 6.45) is 2.04. The molecule has 2 aromatic rings. The molecule has 0 saturated heterocycles. The monoisotopic (exact) mass is 236 g/mol. The van der Waals surface area contributed by atoms with Gasteiger partial charge in [-0.15, -0.1) is 0 Å². The number of hydrogen-bond donors (Lipinski definition) is 1. The van der Waals surface area contributed by atoms with Crippen LogP contribution in [0.4, 0.5) is 4.39 Å². The minimum absolute atomic E-state index is 0.363. The summed E-state index contributed by atoms with van der Waals surface area (Å²) in [5, 5.41) is 0. The van der Waals surface area contributed by atoms with Gasteiger partial charge in [-0.05, 0) is 12.1 Å². The van der Waals surface area contributed by atoms with Crippen LogP contribution in [0.5, 0.6) is 5.75 Å². The maximum atomic E-state index is 13.7. The Bertz CT molecular complexity index is 511. The fourth-order valence-electron chi connectivity index (χ4n) is 1.50. The predicted molar refractivity (Wildman–Crippen MR) is 61.2 cm³/mol. The Hall–Kier alpha value is -1.88. The third-order valence-corrected chi connectivity index (χ3v) is 2.35. The van der Waals surface area contributed by atoms with E-state index in [9.17, 15) is 4.39 Å². The first kappa shape index (κ1) is 11.6. The number of ether oxygens (including phenoxy) is 1. The maximum absolute atomic E-state index is 13.7. The second-order valence-corrected chi connectivity index (χ2v) is 3.50. The van der Waals surface area contributed by atoms with Gasteiger partial charge in [0.05, 0.1) is 18.9 Å². The van der Waals surface area contributed by atoms with E-state index in [2.05, 4.69) is 4.98 Å². The van der Waals surface area contributed by atoms with Crippen LogP contribution in [0.1, 0.15) is 5.89 Å². The first-order valence-corrected chi connectivity index (χ1v) is 5.23. The van der Waals surface area contributed by atoms with E-state index in [0.717, 1.165) is 0 Å². The van der Waals surface area contributed by atoms with E-state index in [1.165, 1.54) is 19.4 Å². The Morgan fingerprint density at radius 2 is 2.29 bits per heavy atom. The molecule has 0 spiro atoms. The minimum Gasteiger partial charge on any atom is -0.497 e.